The van der Waals surface area contributed by atoms with E-state index >= 15 is 0 Å². The summed E-state index contributed by atoms with van der Waals surface area (Å²) in [6.45, 7) is 2.37. The lowest BCUT2D eigenvalue weighted by atomic mass is 10.1. The number of hydrogen-bond acceptors (Lipinski definition) is 4. The van der Waals surface area contributed by atoms with Crippen LogP contribution in [0.5, 0.6) is 0 Å². The highest BCUT2D eigenvalue weighted by atomic mass is 19.1. The Morgan fingerprint density at radius 2 is 2.25 bits per heavy atom. The summed E-state index contributed by atoms with van der Waals surface area (Å²) < 4.78 is 23.0. The van der Waals surface area contributed by atoms with Gasteiger partial charge in [-0.05, 0) is 30.7 Å². The molecule has 1 N–H and O–H groups in total. The number of benzene rings is 1. The number of halogens is 1. The molecule has 20 heavy (non-hydrogen) atoms. The molecule has 0 aliphatic rings. The number of carbonyl (C=O) groups excluding carboxylic acids is 1. The van der Waals surface area contributed by atoms with E-state index in [1.165, 1.54) is 25.5 Å². The Balaban J connectivity index is 1.95. The van der Waals surface area contributed by atoms with Crippen LogP contribution in [0.25, 0.3) is 0 Å². The number of esters is 1. The molecule has 1 aromatic carbocycles. The number of furan rings is 1. The highest BCUT2D eigenvalue weighted by Gasteiger charge is 2.11. The average molecular weight is 277 g/mol. The molecule has 1 atom stereocenters. The molecule has 2 rings (SSSR count). The van der Waals surface area contributed by atoms with Crippen LogP contribution in [0.4, 0.5) is 4.39 Å². The minimum Gasteiger partial charge on any atom is -0.467 e. The number of nitrogens with one attached hydrogen (secondary N) is 1. The fourth-order valence-electron chi connectivity index (χ4n) is 1.85. The lowest BCUT2D eigenvalue weighted by Gasteiger charge is -2.13. The summed E-state index contributed by atoms with van der Waals surface area (Å²) in [4.78, 5) is 11.3. The molecular weight excluding hydrogens is 261 g/mol. The van der Waals surface area contributed by atoms with Crippen LogP contribution in [0.3, 0.4) is 0 Å². The van der Waals surface area contributed by atoms with Gasteiger partial charge >= 0.3 is 5.97 Å². The second-order valence-corrected chi connectivity index (χ2v) is 4.45. The van der Waals surface area contributed by atoms with Crippen molar-refractivity contribution in [3.8, 4) is 0 Å². The van der Waals surface area contributed by atoms with Crippen LogP contribution in [0.1, 0.15) is 34.6 Å². The minimum absolute atomic E-state index is 0.0302. The number of rotatable bonds is 5. The normalized spacial score (nSPS) is 12.2. The third-order valence-electron chi connectivity index (χ3n) is 3.01. The van der Waals surface area contributed by atoms with Gasteiger partial charge in [-0.1, -0.05) is 12.1 Å². The predicted molar refractivity (Wildman–Crippen MR) is 71.7 cm³/mol. The minimum atomic E-state index is -0.432. The standard InChI is InChI=1S/C15H16FNO3/c1-10(11-4-3-5-13(16)6-11)17-8-14-7-12(9-20-14)15(18)19-2/h3-7,9-10,17H,8H2,1-2H3/t10-/m0/s1. The first-order valence-electron chi connectivity index (χ1n) is 6.24. The molecule has 0 saturated heterocycles. The molecule has 4 nitrogen and oxygen atoms in total. The highest BCUT2D eigenvalue weighted by molar-refractivity contribution is 5.88. The van der Waals surface area contributed by atoms with Gasteiger partial charge in [0, 0.05) is 6.04 Å². The molecule has 106 valence electrons. The zero-order valence-corrected chi connectivity index (χ0v) is 11.4. The maximum absolute atomic E-state index is 13.1. The third kappa shape index (κ3) is 3.45. The number of methoxy groups -OCH3 is 1. The van der Waals surface area contributed by atoms with E-state index in [-0.39, 0.29) is 11.9 Å². The van der Waals surface area contributed by atoms with Gasteiger partial charge in [0.2, 0.25) is 0 Å². The molecule has 5 heteroatoms. The lowest BCUT2D eigenvalue weighted by Crippen LogP contribution is -2.17. The molecule has 0 amide bonds. The van der Waals surface area contributed by atoms with E-state index < -0.39 is 5.97 Å². The smallest absolute Gasteiger partial charge is 0.341 e. The molecule has 0 fully saturated rings. The van der Waals surface area contributed by atoms with Gasteiger partial charge in [-0.15, -0.1) is 0 Å². The molecule has 0 aliphatic carbocycles. The Morgan fingerprint density at radius 3 is 2.95 bits per heavy atom. The summed E-state index contributed by atoms with van der Waals surface area (Å²) in [7, 11) is 1.32. The first-order chi connectivity index (χ1) is 9.60. The first-order valence-corrected chi connectivity index (χ1v) is 6.24. The SMILES string of the molecule is COC(=O)c1coc(CN[C@@H](C)c2cccc(F)c2)c1. The molecule has 0 unspecified atom stereocenters. The Hall–Kier alpha value is -2.14. The molecular formula is C15H16FNO3. The highest BCUT2D eigenvalue weighted by Crippen LogP contribution is 2.15. The van der Waals surface area contributed by atoms with Gasteiger partial charge < -0.3 is 14.5 Å². The van der Waals surface area contributed by atoms with Crippen LogP contribution >= 0.6 is 0 Å². The van der Waals surface area contributed by atoms with E-state index in [0.29, 0.717) is 17.9 Å². The summed E-state index contributed by atoms with van der Waals surface area (Å²) in [6.07, 6.45) is 1.36. The van der Waals surface area contributed by atoms with Crippen LogP contribution in [0, 0.1) is 5.82 Å². The second kappa shape index (κ2) is 6.34. The van der Waals surface area contributed by atoms with Crippen LogP contribution < -0.4 is 5.32 Å². The van der Waals surface area contributed by atoms with Crippen molar-refractivity contribution in [2.75, 3.05) is 7.11 Å². The summed E-state index contributed by atoms with van der Waals surface area (Å²) >= 11 is 0. The molecule has 2 aromatic rings. The predicted octanol–water partition coefficient (Wildman–Crippen LogP) is 3.06. The maximum Gasteiger partial charge on any atom is 0.341 e. The lowest BCUT2D eigenvalue weighted by molar-refractivity contribution is 0.0600. The fourth-order valence-corrected chi connectivity index (χ4v) is 1.85. The topological polar surface area (TPSA) is 51.5 Å². The van der Waals surface area contributed by atoms with E-state index in [1.807, 2.05) is 13.0 Å². The molecule has 0 spiro atoms. The van der Waals surface area contributed by atoms with Crippen molar-refractivity contribution in [1.29, 1.82) is 0 Å². The molecule has 0 radical (unpaired) electrons. The average Bonchev–Trinajstić information content (AvgIpc) is 2.92. The van der Waals surface area contributed by atoms with Crippen molar-refractivity contribution in [1.82, 2.24) is 5.32 Å². The zero-order valence-electron chi connectivity index (χ0n) is 11.4. The van der Waals surface area contributed by atoms with Gasteiger partial charge in [0.1, 0.15) is 17.8 Å². The third-order valence-corrected chi connectivity index (χ3v) is 3.01. The maximum atomic E-state index is 13.1. The largest absolute Gasteiger partial charge is 0.467 e. The summed E-state index contributed by atoms with van der Waals surface area (Å²) in [5, 5.41) is 3.20. The summed E-state index contributed by atoms with van der Waals surface area (Å²) in [6, 6.07) is 8.01. The molecule has 0 saturated carbocycles. The quantitative estimate of drug-likeness (QED) is 0.853. The number of ether oxygens (including phenoxy) is 1. The Morgan fingerprint density at radius 1 is 1.45 bits per heavy atom. The van der Waals surface area contributed by atoms with Crippen molar-refractivity contribution < 1.29 is 18.3 Å². The summed E-state index contributed by atoms with van der Waals surface area (Å²) in [5.41, 5.74) is 1.23. The van der Waals surface area contributed by atoms with E-state index in [9.17, 15) is 9.18 Å². The summed E-state index contributed by atoms with van der Waals surface area (Å²) in [5.74, 6) is -0.0750. The van der Waals surface area contributed by atoms with E-state index in [0.717, 1.165) is 5.56 Å². The van der Waals surface area contributed by atoms with Crippen molar-refractivity contribution >= 4 is 5.97 Å². The first kappa shape index (κ1) is 14.3. The molecule has 0 aliphatic heterocycles. The van der Waals surface area contributed by atoms with Gasteiger partial charge in [0.25, 0.3) is 0 Å². The number of carbonyl (C=O) groups is 1. The molecule has 1 heterocycles. The number of hydrogen-bond donors (Lipinski definition) is 1. The van der Waals surface area contributed by atoms with Crippen LogP contribution in [-0.2, 0) is 11.3 Å². The van der Waals surface area contributed by atoms with Gasteiger partial charge in [-0.25, -0.2) is 9.18 Å². The molecule has 1 aromatic heterocycles. The van der Waals surface area contributed by atoms with Crippen LogP contribution in [-0.4, -0.2) is 13.1 Å². The van der Waals surface area contributed by atoms with Crippen molar-refractivity contribution in [3.05, 3.63) is 59.3 Å². The van der Waals surface area contributed by atoms with Crippen molar-refractivity contribution in [3.63, 3.8) is 0 Å². The Bertz CT molecular complexity index is 594. The van der Waals surface area contributed by atoms with Crippen molar-refractivity contribution in [2.45, 2.75) is 19.5 Å². The van der Waals surface area contributed by atoms with E-state index in [1.54, 1.807) is 12.1 Å². The van der Waals surface area contributed by atoms with Crippen LogP contribution in [0.2, 0.25) is 0 Å². The Kier molecular flexibility index (Phi) is 4.53. The second-order valence-electron chi connectivity index (χ2n) is 4.45. The van der Waals surface area contributed by atoms with Gasteiger partial charge in [0.15, 0.2) is 0 Å². The fraction of sp³-hybridized carbons (Fsp3) is 0.267. The van der Waals surface area contributed by atoms with Gasteiger partial charge in [-0.3, -0.25) is 0 Å². The van der Waals surface area contributed by atoms with Crippen molar-refractivity contribution in [2.24, 2.45) is 0 Å². The molecule has 0 bridgehead atoms. The van der Waals surface area contributed by atoms with Crippen LogP contribution in [0.15, 0.2) is 41.0 Å². The van der Waals surface area contributed by atoms with E-state index in [4.69, 9.17) is 4.42 Å². The van der Waals surface area contributed by atoms with Gasteiger partial charge in [0.05, 0.1) is 19.2 Å². The zero-order chi connectivity index (χ0) is 14.5. The monoisotopic (exact) mass is 277 g/mol. The Labute approximate surface area is 116 Å². The van der Waals surface area contributed by atoms with E-state index in [2.05, 4.69) is 10.1 Å². The van der Waals surface area contributed by atoms with Gasteiger partial charge in [-0.2, -0.15) is 0 Å².